The highest BCUT2D eigenvalue weighted by atomic mass is 32.2. The number of ether oxygens (including phenoxy) is 3. The van der Waals surface area contributed by atoms with Crippen LogP contribution in [0.3, 0.4) is 0 Å². The normalized spacial score (nSPS) is 22.7. The zero-order chi connectivity index (χ0) is 24.2. The van der Waals surface area contributed by atoms with E-state index in [1.807, 2.05) is 30.1 Å². The van der Waals surface area contributed by atoms with Crippen LogP contribution in [-0.4, -0.2) is 58.7 Å². The number of benzene rings is 1. The number of esters is 1. The number of hydrogen-bond acceptors (Lipinski definition) is 8. The Morgan fingerprint density at radius 1 is 1.32 bits per heavy atom. The molecule has 2 aliphatic heterocycles. The average Bonchev–Trinajstić information content (AvgIpc) is 3.15. The van der Waals surface area contributed by atoms with E-state index in [0.717, 1.165) is 42.3 Å². The summed E-state index contributed by atoms with van der Waals surface area (Å²) in [7, 11) is 1.31. The van der Waals surface area contributed by atoms with Crippen LogP contribution in [0.25, 0.3) is 0 Å². The lowest BCUT2D eigenvalue weighted by Crippen LogP contribution is -2.46. The summed E-state index contributed by atoms with van der Waals surface area (Å²) in [5.74, 6) is -0.0514. The van der Waals surface area contributed by atoms with Gasteiger partial charge in [-0.15, -0.1) is 0 Å². The predicted molar refractivity (Wildman–Crippen MR) is 127 cm³/mol. The van der Waals surface area contributed by atoms with Crippen LogP contribution >= 0.6 is 11.8 Å². The smallest absolute Gasteiger partial charge is 0.346 e. The summed E-state index contributed by atoms with van der Waals surface area (Å²) in [5, 5.41) is 3.59. The third-order valence-electron chi connectivity index (χ3n) is 5.75. The lowest BCUT2D eigenvalue weighted by Gasteiger charge is -2.33. The van der Waals surface area contributed by atoms with Crippen molar-refractivity contribution in [2.24, 2.45) is 4.99 Å². The van der Waals surface area contributed by atoms with E-state index in [0.29, 0.717) is 23.8 Å². The molecule has 3 aliphatic rings. The zero-order valence-corrected chi connectivity index (χ0v) is 20.3. The van der Waals surface area contributed by atoms with E-state index in [-0.39, 0.29) is 18.3 Å². The summed E-state index contributed by atoms with van der Waals surface area (Å²) in [6, 6.07) is 5.58. The van der Waals surface area contributed by atoms with Crippen LogP contribution in [0, 0.1) is 6.92 Å². The fourth-order valence-corrected chi connectivity index (χ4v) is 4.90. The average molecular weight is 490 g/mol. The maximum Gasteiger partial charge on any atom is 0.346 e. The molecule has 0 aromatic heterocycles. The van der Waals surface area contributed by atoms with Gasteiger partial charge < -0.3 is 14.2 Å². The fraction of sp³-hybridized carbons (Fsp3) is 0.458. The van der Waals surface area contributed by atoms with Crippen LogP contribution in [0.1, 0.15) is 37.3 Å². The number of allylic oxidation sites excluding steroid dienone is 3. The second kappa shape index (κ2) is 10.6. The van der Waals surface area contributed by atoms with Gasteiger partial charge in [0.25, 0.3) is 5.24 Å². The number of fused-ring (bicyclic) bond motifs is 1. The quantitative estimate of drug-likeness (QED) is 0.522. The van der Waals surface area contributed by atoms with Crippen molar-refractivity contribution in [3.8, 4) is 5.75 Å². The summed E-state index contributed by atoms with van der Waals surface area (Å²) < 4.78 is 31.1. The molecule has 1 aliphatic carbocycles. The highest BCUT2D eigenvalue weighted by molar-refractivity contribution is 8.14. The Bertz CT molecular complexity index is 1060. The number of hydrazine groups is 1. The van der Waals surface area contributed by atoms with Gasteiger partial charge in [-0.2, -0.15) is 5.01 Å². The molecular formula is C24H28FN3O5S. The van der Waals surface area contributed by atoms with E-state index in [9.17, 15) is 14.0 Å². The van der Waals surface area contributed by atoms with Gasteiger partial charge in [-0.3, -0.25) is 14.8 Å². The van der Waals surface area contributed by atoms with E-state index in [1.165, 1.54) is 13.2 Å². The first-order valence-corrected chi connectivity index (χ1v) is 12.1. The molecule has 182 valence electrons. The van der Waals surface area contributed by atoms with Crippen LogP contribution in [-0.2, 0) is 20.9 Å². The van der Waals surface area contributed by atoms with Crippen molar-refractivity contribution in [1.29, 1.82) is 0 Å². The predicted octanol–water partition coefficient (Wildman–Crippen LogP) is 4.50. The second-order valence-electron chi connectivity index (χ2n) is 8.27. The van der Waals surface area contributed by atoms with E-state index in [4.69, 9.17) is 14.2 Å². The van der Waals surface area contributed by atoms with Gasteiger partial charge >= 0.3 is 5.97 Å². The minimum atomic E-state index is -0.772. The van der Waals surface area contributed by atoms with Crippen molar-refractivity contribution in [3.63, 3.8) is 0 Å². The van der Waals surface area contributed by atoms with Crippen molar-refractivity contribution < 1.29 is 28.2 Å². The lowest BCUT2D eigenvalue weighted by molar-refractivity contribution is -0.147. The number of carbonyl (C=O) groups excluding carboxylic acids is 2. The molecule has 2 saturated heterocycles. The lowest BCUT2D eigenvalue weighted by atomic mass is 10.1. The molecule has 0 N–H and O–H groups in total. The van der Waals surface area contributed by atoms with Gasteiger partial charge in [0.1, 0.15) is 23.9 Å². The largest absolute Gasteiger partial charge is 0.489 e. The highest BCUT2D eigenvalue weighted by Crippen LogP contribution is 2.35. The molecule has 8 nitrogen and oxygen atoms in total. The zero-order valence-electron chi connectivity index (χ0n) is 19.5. The highest BCUT2D eigenvalue weighted by Gasteiger charge is 2.40. The summed E-state index contributed by atoms with van der Waals surface area (Å²) in [5.41, 5.74) is 1.56. The van der Waals surface area contributed by atoms with E-state index >= 15 is 0 Å². The number of thioether (sulfide) groups is 1. The molecule has 0 radical (unpaired) electrons. The van der Waals surface area contributed by atoms with Crippen LogP contribution in [0.15, 0.2) is 46.9 Å². The summed E-state index contributed by atoms with van der Waals surface area (Å²) >= 11 is 1.12. The Morgan fingerprint density at radius 2 is 2.12 bits per heavy atom. The molecule has 2 fully saturated rings. The molecule has 0 saturated carbocycles. The molecule has 4 rings (SSSR count). The Balaban J connectivity index is 1.40. The van der Waals surface area contributed by atoms with Crippen molar-refractivity contribution in [2.75, 3.05) is 20.2 Å². The van der Waals surface area contributed by atoms with Gasteiger partial charge in [0.2, 0.25) is 0 Å². The Kier molecular flexibility index (Phi) is 7.57. The molecule has 0 spiro atoms. The van der Waals surface area contributed by atoms with E-state index < -0.39 is 23.4 Å². The van der Waals surface area contributed by atoms with Crippen LogP contribution in [0.4, 0.5) is 9.18 Å². The molecular weight excluding hydrogens is 461 g/mol. The molecule has 10 heteroatoms. The third kappa shape index (κ3) is 5.44. The van der Waals surface area contributed by atoms with Crippen LogP contribution < -0.4 is 4.74 Å². The molecule has 34 heavy (non-hydrogen) atoms. The first-order chi connectivity index (χ1) is 16.4. The minimum Gasteiger partial charge on any atom is -0.489 e. The van der Waals surface area contributed by atoms with Gasteiger partial charge in [-0.1, -0.05) is 12.1 Å². The number of hydrogen-bond donors (Lipinski definition) is 0. The Labute approximate surface area is 202 Å². The first kappa shape index (κ1) is 24.3. The number of aliphatic imine (C=N–C) groups is 1. The SMILES string of the molecule is COC(=O)C(C)Oc1cc(C)ccc1COC1=CCC(=NC2SC(=O)N3CCCCN23)C(F)=C1. The number of carbonyl (C=O) groups is 2. The van der Waals surface area contributed by atoms with Crippen LogP contribution in [0.5, 0.6) is 5.75 Å². The topological polar surface area (TPSA) is 80.7 Å². The van der Waals surface area contributed by atoms with Gasteiger partial charge in [-0.05, 0) is 56.2 Å². The molecule has 1 aromatic carbocycles. The maximum absolute atomic E-state index is 14.8. The van der Waals surface area contributed by atoms with Crippen LogP contribution in [0.2, 0.25) is 0 Å². The summed E-state index contributed by atoms with van der Waals surface area (Å²) in [4.78, 5) is 28.4. The Morgan fingerprint density at radius 3 is 2.88 bits per heavy atom. The van der Waals surface area contributed by atoms with Crippen molar-refractivity contribution in [2.45, 2.75) is 51.3 Å². The second-order valence-corrected chi connectivity index (χ2v) is 9.27. The minimum absolute atomic E-state index is 0.0357. The van der Waals surface area contributed by atoms with Gasteiger partial charge in [0, 0.05) is 31.1 Å². The van der Waals surface area contributed by atoms with Gasteiger partial charge in [0.05, 0.1) is 12.8 Å². The molecule has 1 aromatic rings. The number of amides is 1. The molecule has 0 bridgehead atoms. The molecule has 1 amide bonds. The summed E-state index contributed by atoms with van der Waals surface area (Å²) in [6.45, 7) is 5.10. The third-order valence-corrected chi connectivity index (χ3v) is 6.72. The van der Waals surface area contributed by atoms with Crippen molar-refractivity contribution in [3.05, 3.63) is 53.1 Å². The number of aryl methyl sites for hydroxylation is 1. The van der Waals surface area contributed by atoms with E-state index in [2.05, 4.69) is 4.99 Å². The number of halogens is 1. The van der Waals surface area contributed by atoms with Crippen molar-refractivity contribution in [1.82, 2.24) is 10.0 Å². The fourth-order valence-electron chi connectivity index (χ4n) is 3.88. The van der Waals surface area contributed by atoms with Gasteiger partial charge in [-0.25, -0.2) is 9.18 Å². The molecule has 2 atom stereocenters. The van der Waals surface area contributed by atoms with E-state index in [1.54, 1.807) is 18.0 Å². The monoisotopic (exact) mass is 489 g/mol. The first-order valence-electron chi connectivity index (χ1n) is 11.2. The van der Waals surface area contributed by atoms with Gasteiger partial charge in [0.15, 0.2) is 11.6 Å². The number of nitrogens with zero attached hydrogens (tertiary/aromatic N) is 3. The molecule has 2 heterocycles. The summed E-state index contributed by atoms with van der Waals surface area (Å²) in [6.07, 6.45) is 4.54. The molecule has 2 unspecified atom stereocenters. The number of rotatable bonds is 7. The number of methoxy groups -OCH3 is 1. The Hall–Kier alpha value is -2.85. The van der Waals surface area contributed by atoms with Crippen molar-refractivity contribution >= 4 is 28.7 Å². The standard InChI is InChI=1S/C24H28FN3O5S/c1-15-6-7-17(21(12-15)33-16(2)22(29)31-3)14-32-18-8-9-20(19(25)13-18)26-23-27-10-4-5-11-28(27)24(30)34-23/h6-8,12-13,16,23H,4-5,9-11,14H2,1-3H3. The maximum atomic E-state index is 14.8.